The molecule has 0 fully saturated rings. The van der Waals surface area contributed by atoms with E-state index in [1.807, 2.05) is 0 Å². The van der Waals surface area contributed by atoms with Gasteiger partial charge in [0, 0.05) is 12.8 Å². The highest BCUT2D eigenvalue weighted by atomic mass is 19.1. The van der Waals surface area contributed by atoms with Crippen molar-refractivity contribution in [3.8, 4) is 0 Å². The second kappa shape index (κ2) is 8.48. The average molecular weight is 349 g/mol. The molecule has 0 aromatic heterocycles. The third kappa shape index (κ3) is 4.48. The van der Waals surface area contributed by atoms with E-state index in [0.29, 0.717) is 30.3 Å². The van der Waals surface area contributed by atoms with Crippen molar-refractivity contribution in [1.29, 1.82) is 0 Å². The molecule has 0 spiro atoms. The number of ether oxygens (including phenoxy) is 2. The van der Waals surface area contributed by atoms with Crippen molar-refractivity contribution < 1.29 is 23.5 Å². The van der Waals surface area contributed by atoms with Gasteiger partial charge in [-0.15, -0.1) is 0 Å². The Hall–Kier alpha value is -2.61. The van der Waals surface area contributed by atoms with Crippen molar-refractivity contribution in [2.45, 2.75) is 13.3 Å². The van der Waals surface area contributed by atoms with E-state index in [9.17, 15) is 14.0 Å². The zero-order valence-electron chi connectivity index (χ0n) is 14.4. The maximum atomic E-state index is 13.1. The topological polar surface area (TPSA) is 80.6 Å². The van der Waals surface area contributed by atoms with E-state index in [1.54, 1.807) is 14.0 Å². The van der Waals surface area contributed by atoms with Crippen LogP contribution in [0.4, 0.5) is 10.1 Å². The molecule has 1 unspecified atom stereocenters. The lowest BCUT2D eigenvalue weighted by Gasteiger charge is -2.14. The molecule has 1 aromatic rings. The fourth-order valence-corrected chi connectivity index (χ4v) is 2.45. The minimum atomic E-state index is -0.749. The lowest BCUT2D eigenvalue weighted by molar-refractivity contribution is -0.139. The van der Waals surface area contributed by atoms with Gasteiger partial charge in [0.25, 0.3) is 5.91 Å². The Morgan fingerprint density at radius 3 is 2.60 bits per heavy atom. The molecule has 0 bridgehead atoms. The number of hydrogen-bond donors (Lipinski definition) is 0. The van der Waals surface area contributed by atoms with Gasteiger partial charge in [-0.1, -0.05) is 0 Å². The summed E-state index contributed by atoms with van der Waals surface area (Å²) in [5.74, 6) is -2.00. The number of esters is 1. The average Bonchev–Trinajstić information content (AvgIpc) is 2.91. The number of methoxy groups -OCH3 is 2. The van der Waals surface area contributed by atoms with Crippen molar-refractivity contribution >= 4 is 29.0 Å². The van der Waals surface area contributed by atoms with Crippen molar-refractivity contribution in [3.05, 3.63) is 30.1 Å². The minimum Gasteiger partial charge on any atom is -0.469 e. The summed E-state index contributed by atoms with van der Waals surface area (Å²) in [4.78, 5) is 28.8. The molecule has 1 aliphatic heterocycles. The zero-order valence-corrected chi connectivity index (χ0v) is 14.4. The number of benzene rings is 1. The van der Waals surface area contributed by atoms with E-state index in [2.05, 4.69) is 14.8 Å². The highest BCUT2D eigenvalue weighted by Crippen LogP contribution is 2.26. The van der Waals surface area contributed by atoms with Crippen molar-refractivity contribution in [2.75, 3.05) is 32.4 Å². The van der Waals surface area contributed by atoms with E-state index in [0.717, 1.165) is 5.01 Å². The van der Waals surface area contributed by atoms with Crippen LogP contribution in [0, 0.1) is 11.7 Å². The Kier molecular flexibility index (Phi) is 6.35. The number of carbonyl (C=O) groups excluding carboxylic acids is 2. The summed E-state index contributed by atoms with van der Waals surface area (Å²) in [6, 6.07) is 5.38. The SMILES string of the molecule is COCCN=C(C)C1C(=O)N(c2ccc(F)cc2)N=C1CC(=O)OC. The van der Waals surface area contributed by atoms with Crippen LogP contribution in [0.2, 0.25) is 0 Å². The lowest BCUT2D eigenvalue weighted by Crippen LogP contribution is -2.33. The number of hydrazone groups is 1. The van der Waals surface area contributed by atoms with E-state index < -0.39 is 17.7 Å². The number of nitrogens with zero attached hydrogens (tertiary/aromatic N) is 3. The van der Waals surface area contributed by atoms with Gasteiger partial charge in [0.15, 0.2) is 0 Å². The molecule has 134 valence electrons. The molecular weight excluding hydrogens is 329 g/mol. The van der Waals surface area contributed by atoms with Crippen LogP contribution in [0.15, 0.2) is 34.4 Å². The largest absolute Gasteiger partial charge is 0.469 e. The second-order valence-corrected chi connectivity index (χ2v) is 5.42. The Balaban J connectivity index is 2.31. The van der Waals surface area contributed by atoms with Crippen molar-refractivity contribution in [3.63, 3.8) is 0 Å². The Labute approximate surface area is 145 Å². The minimum absolute atomic E-state index is 0.123. The molecule has 1 amide bonds. The monoisotopic (exact) mass is 349 g/mol. The summed E-state index contributed by atoms with van der Waals surface area (Å²) in [5, 5.41) is 5.42. The normalized spacial score (nSPS) is 17.7. The number of halogens is 1. The number of carbonyl (C=O) groups is 2. The summed E-state index contributed by atoms with van der Waals surface area (Å²) in [6.45, 7) is 2.52. The number of rotatable bonds is 7. The van der Waals surface area contributed by atoms with E-state index in [-0.39, 0.29) is 12.3 Å². The van der Waals surface area contributed by atoms with Crippen LogP contribution in [0.3, 0.4) is 0 Å². The highest BCUT2D eigenvalue weighted by Gasteiger charge is 2.39. The molecule has 25 heavy (non-hydrogen) atoms. The first-order valence-corrected chi connectivity index (χ1v) is 7.71. The molecule has 0 saturated heterocycles. The number of amides is 1. The van der Waals surface area contributed by atoms with Gasteiger partial charge >= 0.3 is 5.97 Å². The molecule has 0 aliphatic carbocycles. The van der Waals surface area contributed by atoms with Crippen molar-refractivity contribution in [2.24, 2.45) is 16.0 Å². The van der Waals surface area contributed by atoms with Gasteiger partial charge in [0.1, 0.15) is 11.7 Å². The van der Waals surface area contributed by atoms with Crippen LogP contribution < -0.4 is 5.01 Å². The van der Waals surface area contributed by atoms with Crippen LogP contribution in [-0.4, -0.2) is 50.7 Å². The van der Waals surface area contributed by atoms with Gasteiger partial charge in [-0.25, -0.2) is 4.39 Å². The molecule has 1 aliphatic rings. The predicted octanol–water partition coefficient (Wildman–Crippen LogP) is 1.81. The fourth-order valence-electron chi connectivity index (χ4n) is 2.45. The first kappa shape index (κ1) is 18.7. The van der Waals surface area contributed by atoms with E-state index in [1.165, 1.54) is 31.4 Å². The Bertz CT molecular complexity index is 700. The molecule has 1 atom stereocenters. The van der Waals surface area contributed by atoms with Gasteiger partial charge in [0.05, 0.1) is 38.1 Å². The molecule has 2 rings (SSSR count). The van der Waals surface area contributed by atoms with Gasteiger partial charge in [-0.2, -0.15) is 10.1 Å². The Morgan fingerprint density at radius 1 is 1.32 bits per heavy atom. The summed E-state index contributed by atoms with van der Waals surface area (Å²) in [5.41, 5.74) is 1.30. The molecule has 1 aromatic carbocycles. The predicted molar refractivity (Wildman–Crippen MR) is 91.3 cm³/mol. The second-order valence-electron chi connectivity index (χ2n) is 5.42. The van der Waals surface area contributed by atoms with E-state index in [4.69, 9.17) is 4.74 Å². The van der Waals surface area contributed by atoms with Crippen LogP contribution >= 0.6 is 0 Å². The van der Waals surface area contributed by atoms with Crippen LogP contribution in [0.25, 0.3) is 0 Å². The van der Waals surface area contributed by atoms with Gasteiger partial charge in [-0.05, 0) is 31.2 Å². The summed E-state index contributed by atoms with van der Waals surface area (Å²) < 4.78 is 22.7. The third-order valence-corrected chi connectivity index (χ3v) is 3.72. The first-order chi connectivity index (χ1) is 12.0. The van der Waals surface area contributed by atoms with Crippen molar-refractivity contribution in [1.82, 2.24) is 0 Å². The molecule has 7 nitrogen and oxygen atoms in total. The zero-order chi connectivity index (χ0) is 18.4. The summed E-state index contributed by atoms with van der Waals surface area (Å²) >= 11 is 0. The molecule has 0 N–H and O–H groups in total. The summed E-state index contributed by atoms with van der Waals surface area (Å²) in [6.07, 6.45) is -0.123. The highest BCUT2D eigenvalue weighted by molar-refractivity contribution is 6.30. The van der Waals surface area contributed by atoms with Gasteiger partial charge in [-0.3, -0.25) is 14.6 Å². The third-order valence-electron chi connectivity index (χ3n) is 3.72. The number of aliphatic imine (C=N–C) groups is 1. The van der Waals surface area contributed by atoms with Crippen LogP contribution in [-0.2, 0) is 19.1 Å². The van der Waals surface area contributed by atoms with Gasteiger partial charge in [0.2, 0.25) is 0 Å². The maximum Gasteiger partial charge on any atom is 0.311 e. The molecule has 0 radical (unpaired) electrons. The molecule has 0 saturated carbocycles. The van der Waals surface area contributed by atoms with Crippen LogP contribution in [0.5, 0.6) is 0 Å². The molecular formula is C17H20FN3O4. The molecule has 8 heteroatoms. The first-order valence-electron chi connectivity index (χ1n) is 7.71. The lowest BCUT2D eigenvalue weighted by atomic mass is 9.96. The molecule has 1 heterocycles. The quantitative estimate of drug-likeness (QED) is 0.427. The van der Waals surface area contributed by atoms with Crippen LogP contribution in [0.1, 0.15) is 13.3 Å². The maximum absolute atomic E-state index is 13.1. The standard InChI is InChI=1S/C17H20FN3O4/c1-11(19-8-9-24-2)16-14(10-15(22)25-3)20-21(17(16)23)13-6-4-12(18)5-7-13/h4-7,16H,8-10H2,1-3H3. The Morgan fingerprint density at radius 2 is 2.00 bits per heavy atom. The summed E-state index contributed by atoms with van der Waals surface area (Å²) in [7, 11) is 2.83. The number of anilines is 1. The number of hydrogen-bond acceptors (Lipinski definition) is 6. The fraction of sp³-hybridized carbons (Fsp3) is 0.412. The van der Waals surface area contributed by atoms with E-state index >= 15 is 0 Å². The smallest absolute Gasteiger partial charge is 0.311 e. The van der Waals surface area contributed by atoms with Gasteiger partial charge < -0.3 is 9.47 Å².